The Morgan fingerprint density at radius 3 is 2.50 bits per heavy atom. The van der Waals surface area contributed by atoms with E-state index in [-0.39, 0.29) is 5.82 Å². The molecule has 0 radical (unpaired) electrons. The van der Waals surface area contributed by atoms with Crippen LogP contribution in [-0.4, -0.2) is 59.5 Å². The fourth-order valence-electron chi connectivity index (χ4n) is 3.55. The SMILES string of the molecule is Fc1ccc(-c2nc(C3OCCCO3)[nH]c2-c2ccnc(N3CCOCC3)n2)cc1. The molecule has 2 aromatic heterocycles. The maximum atomic E-state index is 13.5. The van der Waals surface area contributed by atoms with Gasteiger partial charge >= 0.3 is 0 Å². The maximum absolute atomic E-state index is 13.5. The van der Waals surface area contributed by atoms with E-state index in [0.717, 1.165) is 25.1 Å². The van der Waals surface area contributed by atoms with Gasteiger partial charge in [0, 0.05) is 24.8 Å². The molecule has 0 atom stereocenters. The summed E-state index contributed by atoms with van der Waals surface area (Å²) in [5.41, 5.74) is 2.84. The largest absolute Gasteiger partial charge is 0.378 e. The Hall–Kier alpha value is -2.88. The Morgan fingerprint density at radius 2 is 1.73 bits per heavy atom. The summed E-state index contributed by atoms with van der Waals surface area (Å²) in [5.74, 6) is 0.907. The highest BCUT2D eigenvalue weighted by molar-refractivity contribution is 5.77. The molecule has 1 N–H and O–H groups in total. The fraction of sp³-hybridized carbons (Fsp3) is 0.381. The molecule has 156 valence electrons. The second kappa shape index (κ2) is 8.47. The molecule has 0 saturated carbocycles. The third-order valence-electron chi connectivity index (χ3n) is 5.08. The molecule has 0 unspecified atom stereocenters. The van der Waals surface area contributed by atoms with Crippen LogP contribution in [0.4, 0.5) is 10.3 Å². The molecule has 2 fully saturated rings. The summed E-state index contributed by atoms with van der Waals surface area (Å²) in [6.07, 6.45) is 2.02. The van der Waals surface area contributed by atoms with E-state index in [9.17, 15) is 4.39 Å². The quantitative estimate of drug-likeness (QED) is 0.706. The number of imidazole rings is 1. The van der Waals surface area contributed by atoms with Crippen LogP contribution in [0.15, 0.2) is 36.5 Å². The third-order valence-corrected chi connectivity index (χ3v) is 5.08. The molecule has 3 aromatic rings. The first-order valence-electron chi connectivity index (χ1n) is 10.0. The van der Waals surface area contributed by atoms with Gasteiger partial charge in [-0.1, -0.05) is 0 Å². The smallest absolute Gasteiger partial charge is 0.226 e. The lowest BCUT2D eigenvalue weighted by molar-refractivity contribution is -0.186. The normalized spacial score (nSPS) is 18.0. The molecule has 30 heavy (non-hydrogen) atoms. The number of aromatic amines is 1. The van der Waals surface area contributed by atoms with E-state index < -0.39 is 6.29 Å². The molecule has 4 heterocycles. The summed E-state index contributed by atoms with van der Waals surface area (Å²) in [4.78, 5) is 19.3. The van der Waals surface area contributed by atoms with Gasteiger partial charge in [0.1, 0.15) is 5.82 Å². The van der Waals surface area contributed by atoms with Crippen molar-refractivity contribution in [1.82, 2.24) is 19.9 Å². The number of nitrogens with one attached hydrogen (secondary N) is 1. The second-order valence-corrected chi connectivity index (χ2v) is 7.12. The number of morpholine rings is 1. The molecular formula is C21H22FN5O3. The van der Waals surface area contributed by atoms with Crippen LogP contribution < -0.4 is 4.90 Å². The van der Waals surface area contributed by atoms with Gasteiger partial charge in [-0.15, -0.1) is 0 Å². The maximum Gasteiger partial charge on any atom is 0.226 e. The molecule has 0 spiro atoms. The minimum absolute atomic E-state index is 0.299. The van der Waals surface area contributed by atoms with Crippen molar-refractivity contribution in [3.63, 3.8) is 0 Å². The summed E-state index contributed by atoms with van der Waals surface area (Å²) < 4.78 is 30.3. The lowest BCUT2D eigenvalue weighted by Crippen LogP contribution is -2.37. The van der Waals surface area contributed by atoms with Gasteiger partial charge in [-0.05, 0) is 36.8 Å². The zero-order chi connectivity index (χ0) is 20.3. The van der Waals surface area contributed by atoms with Gasteiger partial charge in [0.2, 0.25) is 12.2 Å². The third kappa shape index (κ3) is 3.91. The predicted molar refractivity (Wildman–Crippen MR) is 107 cm³/mol. The molecule has 2 saturated heterocycles. The number of benzene rings is 1. The van der Waals surface area contributed by atoms with E-state index in [1.54, 1.807) is 18.3 Å². The van der Waals surface area contributed by atoms with E-state index in [2.05, 4.69) is 14.9 Å². The molecule has 1 aromatic carbocycles. The molecule has 0 aliphatic carbocycles. The van der Waals surface area contributed by atoms with Crippen LogP contribution in [0.5, 0.6) is 0 Å². The van der Waals surface area contributed by atoms with Crippen LogP contribution >= 0.6 is 0 Å². The number of nitrogens with zero attached hydrogens (tertiary/aromatic N) is 4. The average Bonchev–Trinajstić information content (AvgIpc) is 3.26. The van der Waals surface area contributed by atoms with Crippen molar-refractivity contribution in [2.24, 2.45) is 0 Å². The van der Waals surface area contributed by atoms with Crippen LogP contribution in [0, 0.1) is 5.82 Å². The van der Waals surface area contributed by atoms with Gasteiger partial charge in [-0.2, -0.15) is 0 Å². The number of hydrogen-bond acceptors (Lipinski definition) is 7. The molecular weight excluding hydrogens is 389 g/mol. The van der Waals surface area contributed by atoms with Crippen LogP contribution in [0.1, 0.15) is 18.5 Å². The van der Waals surface area contributed by atoms with E-state index in [0.29, 0.717) is 55.3 Å². The monoisotopic (exact) mass is 411 g/mol. The lowest BCUT2D eigenvalue weighted by atomic mass is 10.1. The van der Waals surface area contributed by atoms with E-state index in [1.807, 2.05) is 6.07 Å². The fourth-order valence-corrected chi connectivity index (χ4v) is 3.55. The summed E-state index contributed by atoms with van der Waals surface area (Å²) in [7, 11) is 0. The molecule has 0 bridgehead atoms. The van der Waals surface area contributed by atoms with E-state index in [1.165, 1.54) is 12.1 Å². The van der Waals surface area contributed by atoms with Crippen LogP contribution in [0.25, 0.3) is 22.6 Å². The second-order valence-electron chi connectivity index (χ2n) is 7.12. The Kier molecular flexibility index (Phi) is 5.39. The van der Waals surface area contributed by atoms with Crippen LogP contribution in [0.2, 0.25) is 0 Å². The Balaban J connectivity index is 1.55. The standard InChI is InChI=1S/C21H22FN5O3/c22-15-4-2-14(3-5-15)17-18(26-19(25-17)20-29-10-1-11-30-20)16-6-7-23-21(24-16)27-8-12-28-13-9-27/h2-7,20H,1,8-13H2,(H,25,26). The topological polar surface area (TPSA) is 85.4 Å². The van der Waals surface area contributed by atoms with Gasteiger partial charge < -0.3 is 24.1 Å². The average molecular weight is 411 g/mol. The highest BCUT2D eigenvalue weighted by Gasteiger charge is 2.25. The minimum atomic E-state index is -0.563. The summed E-state index contributed by atoms with van der Waals surface area (Å²) >= 11 is 0. The number of rotatable bonds is 4. The van der Waals surface area contributed by atoms with Gasteiger partial charge in [0.15, 0.2) is 5.82 Å². The lowest BCUT2D eigenvalue weighted by Gasteiger charge is -2.26. The number of ether oxygens (including phenoxy) is 3. The highest BCUT2D eigenvalue weighted by Crippen LogP contribution is 2.33. The molecule has 5 rings (SSSR count). The first-order valence-corrected chi connectivity index (χ1v) is 10.0. The Morgan fingerprint density at radius 1 is 0.967 bits per heavy atom. The minimum Gasteiger partial charge on any atom is -0.378 e. The number of aromatic nitrogens is 4. The highest BCUT2D eigenvalue weighted by atomic mass is 19.1. The van der Waals surface area contributed by atoms with Gasteiger partial charge in [-0.3, -0.25) is 0 Å². The number of H-pyrrole nitrogens is 1. The van der Waals surface area contributed by atoms with Crippen molar-refractivity contribution in [1.29, 1.82) is 0 Å². The van der Waals surface area contributed by atoms with Crippen LogP contribution in [-0.2, 0) is 14.2 Å². The zero-order valence-corrected chi connectivity index (χ0v) is 16.4. The van der Waals surface area contributed by atoms with Gasteiger partial charge in [0.05, 0.1) is 43.5 Å². The molecule has 9 heteroatoms. The first-order chi connectivity index (χ1) is 14.8. The number of anilines is 1. The van der Waals surface area contributed by atoms with E-state index in [4.69, 9.17) is 24.2 Å². The Bertz CT molecular complexity index is 998. The summed E-state index contributed by atoms with van der Waals surface area (Å²) in [5, 5.41) is 0. The van der Waals surface area contributed by atoms with Crippen molar-refractivity contribution in [2.45, 2.75) is 12.7 Å². The van der Waals surface area contributed by atoms with Crippen molar-refractivity contribution in [2.75, 3.05) is 44.4 Å². The Labute approximate surface area is 173 Å². The van der Waals surface area contributed by atoms with Crippen molar-refractivity contribution in [3.8, 4) is 22.6 Å². The summed E-state index contributed by atoms with van der Waals surface area (Å²) in [6, 6.07) is 8.06. The molecule has 8 nitrogen and oxygen atoms in total. The molecule has 2 aliphatic rings. The van der Waals surface area contributed by atoms with Crippen molar-refractivity contribution in [3.05, 3.63) is 48.2 Å². The molecule has 2 aliphatic heterocycles. The summed E-state index contributed by atoms with van der Waals surface area (Å²) in [6.45, 7) is 4.01. The number of halogens is 1. The van der Waals surface area contributed by atoms with Crippen LogP contribution in [0.3, 0.4) is 0 Å². The predicted octanol–water partition coefficient (Wildman–Crippen LogP) is 2.94. The van der Waals surface area contributed by atoms with Gasteiger partial charge in [-0.25, -0.2) is 19.3 Å². The molecule has 0 amide bonds. The van der Waals surface area contributed by atoms with Crippen molar-refractivity contribution >= 4 is 5.95 Å². The zero-order valence-electron chi connectivity index (χ0n) is 16.4. The first kappa shape index (κ1) is 19.1. The van der Waals surface area contributed by atoms with Gasteiger partial charge in [0.25, 0.3) is 0 Å². The number of hydrogen-bond donors (Lipinski definition) is 1. The van der Waals surface area contributed by atoms with Crippen molar-refractivity contribution < 1.29 is 18.6 Å². The van der Waals surface area contributed by atoms with E-state index >= 15 is 0 Å².